The molecule has 6 rings (SSSR count). The number of aromatic nitrogens is 2. The molecule has 208 valence electrons. The van der Waals surface area contributed by atoms with Crippen molar-refractivity contribution in [2.75, 3.05) is 13.9 Å². The van der Waals surface area contributed by atoms with Gasteiger partial charge in [-0.25, -0.2) is 4.68 Å². The number of rotatable bonds is 6. The van der Waals surface area contributed by atoms with Crippen LogP contribution in [0.15, 0.2) is 89.6 Å². The highest BCUT2D eigenvalue weighted by atomic mass is 35.5. The zero-order valence-electron chi connectivity index (χ0n) is 22.6. The lowest BCUT2D eigenvalue weighted by molar-refractivity contribution is -0.141. The van der Waals surface area contributed by atoms with E-state index in [1.807, 2.05) is 42.5 Å². The Kier molecular flexibility index (Phi) is 6.98. The highest BCUT2D eigenvalue weighted by Gasteiger charge is 2.36. The molecule has 0 spiro atoms. The first-order valence-corrected chi connectivity index (χ1v) is 13.3. The third-order valence-corrected chi connectivity index (χ3v) is 7.39. The Morgan fingerprint density at radius 2 is 1.83 bits per heavy atom. The van der Waals surface area contributed by atoms with Gasteiger partial charge in [-0.3, -0.25) is 14.5 Å². The third kappa shape index (κ3) is 4.78. The number of nitrogens with zero attached hydrogens (tertiary/aromatic N) is 4. The summed E-state index contributed by atoms with van der Waals surface area (Å²) in [7, 11) is 1.54. The summed E-state index contributed by atoms with van der Waals surface area (Å²) in [6, 6.07) is 22.0. The number of methoxy groups -OCH3 is 1. The normalized spacial score (nSPS) is 15.4. The van der Waals surface area contributed by atoms with Crippen LogP contribution in [-0.4, -0.2) is 40.4 Å². The molecule has 0 bridgehead atoms. The standard InChI is InChI=1S/C32H23ClN4O5/c1-19-24(31(38)36(32(39)25(19)15-34)16-20-8-10-28-29(12-20)42-18-41-28)13-22-17-37(23-6-4-3-5-7-23)35-30(22)21-9-11-27(40-2)26(33)14-21/h3-14,17H,16,18H2,1-2H3/b24-13+. The molecule has 0 radical (unpaired) electrons. The minimum atomic E-state index is -0.656. The Hall–Kier alpha value is -5.33. The first-order chi connectivity index (χ1) is 20.4. The van der Waals surface area contributed by atoms with Crippen LogP contribution in [0.1, 0.15) is 18.1 Å². The van der Waals surface area contributed by atoms with E-state index in [0.29, 0.717) is 50.2 Å². The molecule has 42 heavy (non-hydrogen) atoms. The molecule has 2 aliphatic rings. The summed E-state index contributed by atoms with van der Waals surface area (Å²) in [5, 5.41) is 15.1. The molecule has 10 heteroatoms. The number of hydrogen-bond acceptors (Lipinski definition) is 7. The van der Waals surface area contributed by atoms with Crippen LogP contribution in [0.4, 0.5) is 0 Å². The lowest BCUT2D eigenvalue weighted by atomic mass is 9.93. The average Bonchev–Trinajstić information content (AvgIpc) is 3.65. The lowest BCUT2D eigenvalue weighted by Crippen LogP contribution is -2.42. The van der Waals surface area contributed by atoms with Gasteiger partial charge in [0.2, 0.25) is 6.79 Å². The summed E-state index contributed by atoms with van der Waals surface area (Å²) in [5.41, 5.74) is 3.70. The number of hydrogen-bond donors (Lipinski definition) is 0. The number of fused-ring (bicyclic) bond motifs is 1. The van der Waals surface area contributed by atoms with Gasteiger partial charge in [0.05, 0.1) is 24.4 Å². The van der Waals surface area contributed by atoms with Crippen LogP contribution in [0.2, 0.25) is 5.02 Å². The molecule has 9 nitrogen and oxygen atoms in total. The fraction of sp³-hybridized carbons (Fsp3) is 0.125. The molecule has 2 amide bonds. The van der Waals surface area contributed by atoms with Crippen molar-refractivity contribution in [3.8, 4) is 40.3 Å². The minimum absolute atomic E-state index is 0.0473. The number of benzene rings is 3. The van der Waals surface area contributed by atoms with Gasteiger partial charge >= 0.3 is 0 Å². The maximum absolute atomic E-state index is 13.9. The largest absolute Gasteiger partial charge is 0.495 e. The van der Waals surface area contributed by atoms with Gasteiger partial charge in [-0.15, -0.1) is 0 Å². The molecule has 4 aromatic rings. The molecule has 3 aromatic carbocycles. The Labute approximate surface area is 246 Å². The number of para-hydroxylation sites is 1. The van der Waals surface area contributed by atoms with E-state index in [-0.39, 0.29) is 24.5 Å². The molecule has 0 N–H and O–H groups in total. The van der Waals surface area contributed by atoms with E-state index in [0.717, 1.165) is 10.6 Å². The number of carbonyl (C=O) groups is 2. The van der Waals surface area contributed by atoms with Gasteiger partial charge < -0.3 is 14.2 Å². The van der Waals surface area contributed by atoms with Gasteiger partial charge in [0.25, 0.3) is 11.8 Å². The summed E-state index contributed by atoms with van der Waals surface area (Å²) in [5.74, 6) is 0.451. The second-order valence-corrected chi connectivity index (χ2v) is 10.0. The van der Waals surface area contributed by atoms with Crippen LogP contribution in [0.3, 0.4) is 0 Å². The molecular weight excluding hydrogens is 556 g/mol. The van der Waals surface area contributed by atoms with Gasteiger partial charge in [0.1, 0.15) is 23.1 Å². The Morgan fingerprint density at radius 3 is 2.57 bits per heavy atom. The van der Waals surface area contributed by atoms with E-state index >= 15 is 0 Å². The number of halogens is 1. The van der Waals surface area contributed by atoms with E-state index in [4.69, 9.17) is 30.9 Å². The number of nitriles is 1. The highest BCUT2D eigenvalue weighted by molar-refractivity contribution is 6.32. The SMILES string of the molecule is COc1ccc(-c2nn(-c3ccccc3)cc2/C=C2/C(=O)N(Cc3ccc4c(c3)OCO4)C(=O)C(C#N)=C2C)cc1Cl. The summed E-state index contributed by atoms with van der Waals surface area (Å²) < 4.78 is 17.8. The molecule has 0 unspecified atom stereocenters. The number of ether oxygens (including phenoxy) is 3. The van der Waals surface area contributed by atoms with Crippen LogP contribution < -0.4 is 14.2 Å². The Balaban J connectivity index is 1.46. The van der Waals surface area contributed by atoms with E-state index < -0.39 is 11.8 Å². The highest BCUT2D eigenvalue weighted by Crippen LogP contribution is 2.36. The van der Waals surface area contributed by atoms with E-state index in [1.165, 1.54) is 7.11 Å². The van der Waals surface area contributed by atoms with Crippen LogP contribution in [0.25, 0.3) is 23.0 Å². The van der Waals surface area contributed by atoms with Crippen molar-refractivity contribution in [2.24, 2.45) is 0 Å². The molecule has 3 heterocycles. The number of amides is 2. The quantitative estimate of drug-likeness (QED) is 0.213. The van der Waals surface area contributed by atoms with Crippen molar-refractivity contribution >= 4 is 29.5 Å². The molecule has 0 saturated carbocycles. The molecule has 1 aromatic heterocycles. The van der Waals surface area contributed by atoms with Crippen LogP contribution >= 0.6 is 11.6 Å². The molecule has 0 aliphatic carbocycles. The van der Waals surface area contributed by atoms with E-state index in [2.05, 4.69) is 0 Å². The summed E-state index contributed by atoms with van der Waals surface area (Å²) >= 11 is 6.45. The van der Waals surface area contributed by atoms with Crippen LogP contribution in [0, 0.1) is 11.3 Å². The summed E-state index contributed by atoms with van der Waals surface area (Å²) in [6.45, 7) is 1.66. The topological polar surface area (TPSA) is 107 Å². The van der Waals surface area contributed by atoms with Crippen LogP contribution in [-0.2, 0) is 16.1 Å². The average molecular weight is 579 g/mol. The van der Waals surface area contributed by atoms with Gasteiger partial charge in [0.15, 0.2) is 11.5 Å². The zero-order chi connectivity index (χ0) is 29.4. The first kappa shape index (κ1) is 26.9. The predicted molar refractivity (Wildman–Crippen MR) is 155 cm³/mol. The fourth-order valence-electron chi connectivity index (χ4n) is 4.89. The van der Waals surface area contributed by atoms with Crippen molar-refractivity contribution in [3.63, 3.8) is 0 Å². The smallest absolute Gasteiger partial charge is 0.271 e. The van der Waals surface area contributed by atoms with Gasteiger partial charge in [0, 0.05) is 22.9 Å². The number of carbonyl (C=O) groups excluding carboxylic acids is 2. The molecular formula is C32H23ClN4O5. The predicted octanol–water partition coefficient (Wildman–Crippen LogP) is 5.72. The second-order valence-electron chi connectivity index (χ2n) is 9.62. The molecule has 0 fully saturated rings. The second kappa shape index (κ2) is 10.9. The molecule has 0 saturated heterocycles. The van der Waals surface area contributed by atoms with Crippen molar-refractivity contribution in [1.82, 2.24) is 14.7 Å². The van der Waals surface area contributed by atoms with Gasteiger partial charge in [-0.05, 0) is 66.6 Å². The van der Waals surface area contributed by atoms with E-state index in [1.54, 1.807) is 54.2 Å². The minimum Gasteiger partial charge on any atom is -0.495 e. The maximum Gasteiger partial charge on any atom is 0.271 e. The maximum atomic E-state index is 13.9. The summed E-state index contributed by atoms with van der Waals surface area (Å²) in [6.07, 6.45) is 3.45. The van der Waals surface area contributed by atoms with Crippen LogP contribution in [0.5, 0.6) is 17.2 Å². The van der Waals surface area contributed by atoms with Crippen molar-refractivity contribution in [1.29, 1.82) is 5.26 Å². The van der Waals surface area contributed by atoms with Gasteiger partial charge in [-0.1, -0.05) is 35.9 Å². The van der Waals surface area contributed by atoms with Crippen molar-refractivity contribution in [2.45, 2.75) is 13.5 Å². The monoisotopic (exact) mass is 578 g/mol. The molecule has 2 aliphatic heterocycles. The third-order valence-electron chi connectivity index (χ3n) is 7.09. The van der Waals surface area contributed by atoms with Crippen molar-refractivity contribution < 1.29 is 23.8 Å². The zero-order valence-corrected chi connectivity index (χ0v) is 23.4. The van der Waals surface area contributed by atoms with Crippen molar-refractivity contribution in [3.05, 3.63) is 106 Å². The van der Waals surface area contributed by atoms with Gasteiger partial charge in [-0.2, -0.15) is 10.4 Å². The lowest BCUT2D eigenvalue weighted by Gasteiger charge is -2.27. The number of imide groups is 1. The van der Waals surface area contributed by atoms with E-state index in [9.17, 15) is 14.9 Å². The Bertz CT molecular complexity index is 1850. The molecule has 0 atom stereocenters. The summed E-state index contributed by atoms with van der Waals surface area (Å²) in [4.78, 5) is 28.2. The fourth-order valence-corrected chi connectivity index (χ4v) is 5.15. The Morgan fingerprint density at radius 1 is 1.05 bits per heavy atom. The first-order valence-electron chi connectivity index (χ1n) is 12.9.